The third kappa shape index (κ3) is 5.76. The van der Waals surface area contributed by atoms with Gasteiger partial charge >= 0.3 is 0 Å². The highest BCUT2D eigenvalue weighted by atomic mass is 28.4. The minimum Gasteiger partial charge on any atom is -0.383 e. The smallest absolute Gasteiger partial charge is 0.223 e. The molecule has 5 nitrogen and oxygen atoms in total. The van der Waals surface area contributed by atoms with Gasteiger partial charge in [-0.15, -0.1) is 0 Å². The first-order valence-electron chi connectivity index (χ1n) is 14.7. The number of carbonyl (C=O) groups is 1. The maximum Gasteiger partial charge on any atom is 0.223 e. The van der Waals surface area contributed by atoms with E-state index in [9.17, 15) is 0 Å². The lowest BCUT2D eigenvalue weighted by atomic mass is 9.69. The van der Waals surface area contributed by atoms with E-state index in [1.54, 1.807) is 0 Å². The van der Waals surface area contributed by atoms with Crippen LogP contribution in [0, 0.1) is 10.8 Å². The molecule has 2 rings (SSSR count). The monoisotopic (exact) mass is 540 g/mol. The Balaban J connectivity index is 2.64. The summed E-state index contributed by atoms with van der Waals surface area (Å²) in [6, 6.07) is 0. The third-order valence-corrected chi connectivity index (χ3v) is 21.3. The second-order valence-corrected chi connectivity index (χ2v) is 22.5. The van der Waals surface area contributed by atoms with Crippen LogP contribution in [0.5, 0.6) is 0 Å². The Bertz CT molecular complexity index is 695. The first-order chi connectivity index (χ1) is 16.5. The normalized spacial score (nSPS) is 27.2. The van der Waals surface area contributed by atoms with E-state index in [1.165, 1.54) is 12.8 Å². The average Bonchev–Trinajstić information content (AvgIpc) is 2.77. The predicted molar refractivity (Wildman–Crippen MR) is 158 cm³/mol. The van der Waals surface area contributed by atoms with Crippen molar-refractivity contribution in [2.45, 2.75) is 132 Å². The van der Waals surface area contributed by atoms with Gasteiger partial charge in [0.05, 0.1) is 12.5 Å². The molecule has 0 aromatic carbocycles. The zero-order valence-electron chi connectivity index (χ0n) is 26.1. The van der Waals surface area contributed by atoms with Crippen molar-refractivity contribution in [2.24, 2.45) is 10.8 Å². The van der Waals surface area contributed by atoms with Gasteiger partial charge in [0.15, 0.2) is 0 Å². The van der Waals surface area contributed by atoms with Gasteiger partial charge in [-0.2, -0.15) is 0 Å². The van der Waals surface area contributed by atoms with Gasteiger partial charge in [-0.05, 0) is 103 Å². The van der Waals surface area contributed by atoms with Crippen LogP contribution in [0.4, 0.5) is 4.79 Å². The van der Waals surface area contributed by atoms with Gasteiger partial charge in [0.1, 0.15) is 5.03 Å². The van der Waals surface area contributed by atoms with E-state index in [2.05, 4.69) is 91.5 Å². The first kappa shape index (κ1) is 32.2. The zero-order valence-corrected chi connectivity index (χ0v) is 28.1. The Labute approximate surface area is 226 Å². The lowest BCUT2D eigenvalue weighted by Gasteiger charge is -2.62. The molecule has 0 amide bonds. The van der Waals surface area contributed by atoms with Gasteiger partial charge in [0.2, 0.25) is 16.5 Å². The maximum atomic E-state index is 15.4. The van der Waals surface area contributed by atoms with E-state index in [0.29, 0.717) is 17.5 Å². The number of ether oxygens (including phenoxy) is 2. The number of piperidine rings is 2. The van der Waals surface area contributed by atoms with Gasteiger partial charge in [-0.1, -0.05) is 41.5 Å². The Hall–Kier alpha value is -0.0562. The van der Waals surface area contributed by atoms with E-state index in [-0.39, 0.29) is 21.9 Å². The average molecular weight is 541 g/mol. The molecule has 2 unspecified atom stereocenters. The van der Waals surface area contributed by atoms with Crippen LogP contribution in [0.2, 0.25) is 13.1 Å². The van der Waals surface area contributed by atoms with Gasteiger partial charge in [0, 0.05) is 24.3 Å². The summed E-state index contributed by atoms with van der Waals surface area (Å²) < 4.78 is 18.0. The van der Waals surface area contributed by atoms with Crippen molar-refractivity contribution < 1.29 is 14.3 Å². The van der Waals surface area contributed by atoms with E-state index in [4.69, 9.17) is 9.47 Å². The van der Waals surface area contributed by atoms with Crippen LogP contribution in [0.1, 0.15) is 108 Å². The Morgan fingerprint density at radius 1 is 0.694 bits per heavy atom. The quantitative estimate of drug-likeness (QED) is 0.194. The predicted octanol–water partition coefficient (Wildman–Crippen LogP) is 7.15. The standard InChI is InChI=1S/C29H60N2O3Si2/c1-13-21-33-23-35(11,30-19-15-17-26(3,4)28(30,7)8)25(32)36(12,24-34-22-14-2)31-20-16-18-27(5,6)29(31,9)10/h13-24H2,1-12H3. The largest absolute Gasteiger partial charge is 0.383 e. The maximum absolute atomic E-state index is 15.4. The molecule has 2 atom stereocenters. The minimum atomic E-state index is -2.69. The topological polar surface area (TPSA) is 42.0 Å². The summed E-state index contributed by atoms with van der Waals surface area (Å²) >= 11 is 0. The lowest BCUT2D eigenvalue weighted by molar-refractivity contribution is 0.0130. The molecule has 0 saturated carbocycles. The SMILES string of the molecule is CCCOC[Si](C)(C(=O)[Si](C)(COCCC)N1CCCC(C)(C)C1(C)C)N1CCCC(C)(C)C1(C)C. The van der Waals surface area contributed by atoms with Gasteiger partial charge < -0.3 is 23.4 Å². The number of hydrogen-bond acceptors (Lipinski definition) is 5. The summed E-state index contributed by atoms with van der Waals surface area (Å²) in [6.45, 7) is 31.5. The molecule has 2 saturated heterocycles. The van der Waals surface area contributed by atoms with Crippen molar-refractivity contribution in [1.29, 1.82) is 0 Å². The van der Waals surface area contributed by atoms with Crippen LogP contribution < -0.4 is 0 Å². The lowest BCUT2D eigenvalue weighted by Crippen LogP contribution is -2.81. The van der Waals surface area contributed by atoms with E-state index < -0.39 is 16.5 Å². The summed E-state index contributed by atoms with van der Waals surface area (Å²) in [5.74, 6) is 0. The molecule has 0 N–H and O–H groups in total. The van der Waals surface area contributed by atoms with Crippen LogP contribution in [0.25, 0.3) is 0 Å². The highest BCUT2D eigenvalue weighted by Crippen LogP contribution is 2.49. The van der Waals surface area contributed by atoms with E-state index in [1.807, 2.05) is 0 Å². The van der Waals surface area contributed by atoms with Gasteiger partial charge in [-0.25, -0.2) is 0 Å². The summed E-state index contributed by atoms with van der Waals surface area (Å²) in [6.07, 6.45) is 7.84. The van der Waals surface area contributed by atoms with Crippen molar-refractivity contribution in [3.05, 3.63) is 0 Å². The van der Waals surface area contributed by atoms with Crippen LogP contribution in [0.15, 0.2) is 0 Å². The molecule has 7 heteroatoms. The minimum absolute atomic E-state index is 0.0618. The molecule has 2 aliphatic heterocycles. The molecule has 2 aliphatic rings. The second kappa shape index (κ2) is 11.6. The molecular formula is C29H60N2O3Si2. The Morgan fingerprint density at radius 3 is 1.33 bits per heavy atom. The Morgan fingerprint density at radius 2 is 1.03 bits per heavy atom. The van der Waals surface area contributed by atoms with Crippen molar-refractivity contribution in [3.63, 3.8) is 0 Å². The fraction of sp³-hybridized carbons (Fsp3) is 0.966. The molecule has 212 valence electrons. The molecule has 2 fully saturated rings. The molecular weight excluding hydrogens is 481 g/mol. The summed E-state index contributed by atoms with van der Waals surface area (Å²) in [7, 11) is -5.38. The molecule has 0 spiro atoms. The first-order valence-corrected chi connectivity index (χ1v) is 20.0. The molecule has 0 aromatic rings. The second-order valence-electron chi connectivity index (χ2n) is 14.4. The molecule has 36 heavy (non-hydrogen) atoms. The van der Waals surface area contributed by atoms with Gasteiger partial charge in [-0.3, -0.25) is 0 Å². The molecule has 2 heterocycles. The highest BCUT2D eigenvalue weighted by Gasteiger charge is 2.63. The molecule has 0 radical (unpaired) electrons. The van der Waals surface area contributed by atoms with E-state index >= 15 is 4.79 Å². The summed E-state index contributed by atoms with van der Waals surface area (Å²) in [5.41, 5.74) is 0.169. The van der Waals surface area contributed by atoms with Crippen LogP contribution in [-0.4, -0.2) is 80.5 Å². The third-order valence-electron chi connectivity index (χ3n) is 10.7. The van der Waals surface area contributed by atoms with E-state index in [0.717, 1.165) is 52.0 Å². The van der Waals surface area contributed by atoms with Gasteiger partial charge in [0.25, 0.3) is 0 Å². The van der Waals surface area contributed by atoms with Crippen LogP contribution in [-0.2, 0) is 9.47 Å². The summed E-state index contributed by atoms with van der Waals surface area (Å²) in [4.78, 5) is 15.4. The molecule has 0 bridgehead atoms. The fourth-order valence-corrected chi connectivity index (χ4v) is 19.3. The molecule has 0 aromatic heterocycles. The van der Waals surface area contributed by atoms with Crippen LogP contribution in [0.3, 0.4) is 0 Å². The Kier molecular flexibility index (Phi) is 10.4. The molecule has 0 aliphatic carbocycles. The number of rotatable bonds is 12. The number of hydrogen-bond donors (Lipinski definition) is 0. The van der Waals surface area contributed by atoms with Crippen molar-refractivity contribution in [2.75, 3.05) is 38.8 Å². The number of carbonyl (C=O) groups excluding carboxylic acids is 1. The van der Waals surface area contributed by atoms with Crippen molar-refractivity contribution >= 4 is 21.5 Å². The van der Waals surface area contributed by atoms with Crippen LogP contribution >= 0.6 is 0 Å². The highest BCUT2D eigenvalue weighted by molar-refractivity contribution is 7.30. The van der Waals surface area contributed by atoms with Crippen molar-refractivity contribution in [1.82, 2.24) is 9.13 Å². The van der Waals surface area contributed by atoms with Crippen molar-refractivity contribution in [3.8, 4) is 0 Å². The fourth-order valence-electron chi connectivity index (χ4n) is 6.93. The zero-order chi connectivity index (χ0) is 27.6. The number of nitrogens with zero attached hydrogens (tertiary/aromatic N) is 2. The summed E-state index contributed by atoms with van der Waals surface area (Å²) in [5, 5.41) is 0.527.